The number of halogens is 2. The van der Waals surface area contributed by atoms with Gasteiger partial charge in [-0.15, -0.1) is 0 Å². The zero-order valence-corrected chi connectivity index (χ0v) is 13.7. The van der Waals surface area contributed by atoms with Crippen LogP contribution in [0.1, 0.15) is 13.3 Å². The predicted octanol–water partition coefficient (Wildman–Crippen LogP) is 2.37. The summed E-state index contributed by atoms with van der Waals surface area (Å²) in [6.45, 7) is 1.37. The normalized spacial score (nSPS) is 13.3. The fraction of sp³-hybridized carbons (Fsp3) is 0.429. The molecule has 8 heteroatoms. The third-order valence-corrected chi connectivity index (χ3v) is 3.45. The third kappa shape index (κ3) is 6.09. The monoisotopic (exact) mass is 349 g/mol. The molecule has 0 spiro atoms. The third-order valence-electron chi connectivity index (χ3n) is 2.71. The van der Waals surface area contributed by atoms with E-state index in [2.05, 4.69) is 5.32 Å². The van der Waals surface area contributed by atoms with Crippen LogP contribution in [0.4, 0.5) is 0 Å². The van der Waals surface area contributed by atoms with Crippen molar-refractivity contribution in [3.05, 3.63) is 28.2 Å². The number of hydrogen-bond acceptors (Lipinski definition) is 4. The molecule has 0 bridgehead atoms. The molecule has 0 saturated heterocycles. The molecule has 1 unspecified atom stereocenters. The summed E-state index contributed by atoms with van der Waals surface area (Å²) in [6.07, 6.45) is -0.265. The average molecular weight is 350 g/mol. The van der Waals surface area contributed by atoms with Crippen LogP contribution in [0.25, 0.3) is 0 Å². The number of nitrogens with one attached hydrogen (secondary N) is 1. The average Bonchev–Trinajstić information content (AvgIpc) is 2.39. The quantitative estimate of drug-likeness (QED) is 0.752. The molecule has 1 rings (SSSR count). The van der Waals surface area contributed by atoms with Crippen LogP contribution in [0.5, 0.6) is 5.75 Å². The van der Waals surface area contributed by atoms with E-state index in [0.717, 1.165) is 0 Å². The Kier molecular flexibility index (Phi) is 6.93. The molecule has 1 amide bonds. The van der Waals surface area contributed by atoms with Crippen molar-refractivity contribution in [2.75, 3.05) is 20.3 Å². The van der Waals surface area contributed by atoms with Crippen LogP contribution in [0, 0.1) is 0 Å². The van der Waals surface area contributed by atoms with Crippen molar-refractivity contribution in [1.29, 1.82) is 0 Å². The van der Waals surface area contributed by atoms with Gasteiger partial charge in [0.05, 0.1) is 28.6 Å². The van der Waals surface area contributed by atoms with E-state index in [0.29, 0.717) is 15.8 Å². The van der Waals surface area contributed by atoms with E-state index in [4.69, 9.17) is 37.8 Å². The minimum atomic E-state index is -1.04. The van der Waals surface area contributed by atoms with E-state index in [1.54, 1.807) is 19.1 Å². The first kappa shape index (κ1) is 18.5. The first-order valence-electron chi connectivity index (χ1n) is 6.35. The predicted molar refractivity (Wildman–Crippen MR) is 82.6 cm³/mol. The highest BCUT2D eigenvalue weighted by molar-refractivity contribution is 6.42. The maximum absolute atomic E-state index is 11.9. The van der Waals surface area contributed by atoms with Gasteiger partial charge >= 0.3 is 5.97 Å². The van der Waals surface area contributed by atoms with Gasteiger partial charge in [-0.3, -0.25) is 9.59 Å². The maximum Gasteiger partial charge on any atom is 0.305 e. The van der Waals surface area contributed by atoms with Crippen molar-refractivity contribution in [3.63, 3.8) is 0 Å². The highest BCUT2D eigenvalue weighted by atomic mass is 35.5. The molecule has 0 aromatic heterocycles. The molecular weight excluding hydrogens is 333 g/mol. The van der Waals surface area contributed by atoms with E-state index in [1.165, 1.54) is 13.2 Å². The van der Waals surface area contributed by atoms with Crippen LogP contribution in [0.3, 0.4) is 0 Å². The first-order valence-corrected chi connectivity index (χ1v) is 7.11. The Balaban J connectivity index is 2.59. The Bertz CT molecular complexity index is 552. The van der Waals surface area contributed by atoms with Gasteiger partial charge < -0.3 is 19.9 Å². The van der Waals surface area contributed by atoms with Crippen molar-refractivity contribution in [2.45, 2.75) is 18.9 Å². The lowest BCUT2D eigenvalue weighted by Crippen LogP contribution is -2.52. The van der Waals surface area contributed by atoms with Gasteiger partial charge in [0.15, 0.2) is 6.61 Å². The standard InChI is InChI=1S/C14H17Cl2NO5/c1-14(8-21-2,6-13(19)20)17-12(18)7-22-9-3-4-10(15)11(16)5-9/h3-5H,6-8H2,1-2H3,(H,17,18)(H,19,20). The molecule has 0 radical (unpaired) electrons. The molecule has 6 nitrogen and oxygen atoms in total. The Morgan fingerprint density at radius 3 is 2.55 bits per heavy atom. The van der Waals surface area contributed by atoms with Crippen LogP contribution in [-0.4, -0.2) is 42.8 Å². The molecule has 1 aromatic carbocycles. The van der Waals surface area contributed by atoms with Gasteiger partial charge in [0.2, 0.25) is 0 Å². The number of methoxy groups -OCH3 is 1. The van der Waals surface area contributed by atoms with Crippen LogP contribution in [0.2, 0.25) is 10.0 Å². The summed E-state index contributed by atoms with van der Waals surface area (Å²) in [7, 11) is 1.43. The van der Waals surface area contributed by atoms with Crippen LogP contribution in [-0.2, 0) is 14.3 Å². The molecular formula is C14H17Cl2NO5. The van der Waals surface area contributed by atoms with Gasteiger partial charge in [0, 0.05) is 13.2 Å². The van der Waals surface area contributed by atoms with Gasteiger partial charge in [-0.2, -0.15) is 0 Å². The zero-order valence-electron chi connectivity index (χ0n) is 12.2. The summed E-state index contributed by atoms with van der Waals surface area (Å²) in [5.41, 5.74) is -1.02. The molecule has 0 saturated carbocycles. The highest BCUT2D eigenvalue weighted by Gasteiger charge is 2.29. The second kappa shape index (κ2) is 8.22. The number of carbonyl (C=O) groups is 2. The smallest absolute Gasteiger partial charge is 0.305 e. The lowest BCUT2D eigenvalue weighted by Gasteiger charge is -2.28. The van der Waals surface area contributed by atoms with Crippen molar-refractivity contribution in [3.8, 4) is 5.75 Å². The first-order chi connectivity index (χ1) is 10.3. The van der Waals surface area contributed by atoms with Crippen molar-refractivity contribution >= 4 is 35.1 Å². The molecule has 1 aromatic rings. The topological polar surface area (TPSA) is 84.9 Å². The molecule has 0 aliphatic carbocycles. The van der Waals surface area contributed by atoms with E-state index in [1.807, 2.05) is 0 Å². The maximum atomic E-state index is 11.9. The van der Waals surface area contributed by atoms with E-state index in [-0.39, 0.29) is 19.6 Å². The fourth-order valence-electron chi connectivity index (χ4n) is 1.87. The molecule has 2 N–H and O–H groups in total. The Hall–Kier alpha value is -1.50. The molecule has 0 aliphatic heterocycles. The summed E-state index contributed by atoms with van der Waals surface area (Å²) in [6, 6.07) is 4.62. The number of hydrogen-bond donors (Lipinski definition) is 2. The van der Waals surface area contributed by atoms with E-state index < -0.39 is 17.4 Å². The summed E-state index contributed by atoms with van der Waals surface area (Å²) in [5, 5.41) is 12.2. The number of amides is 1. The molecule has 0 heterocycles. The lowest BCUT2D eigenvalue weighted by molar-refractivity contribution is -0.139. The summed E-state index contributed by atoms with van der Waals surface area (Å²) in [5.74, 6) is -1.12. The lowest BCUT2D eigenvalue weighted by atomic mass is 9.99. The molecule has 22 heavy (non-hydrogen) atoms. The minimum absolute atomic E-state index is 0.0673. The Morgan fingerprint density at radius 1 is 1.32 bits per heavy atom. The van der Waals surface area contributed by atoms with Crippen molar-refractivity contribution in [2.24, 2.45) is 0 Å². The largest absolute Gasteiger partial charge is 0.484 e. The number of carboxylic acid groups (broad SMARTS) is 1. The van der Waals surface area contributed by atoms with E-state index >= 15 is 0 Å². The van der Waals surface area contributed by atoms with Gasteiger partial charge in [0.25, 0.3) is 5.91 Å². The van der Waals surface area contributed by atoms with Gasteiger partial charge in [-0.1, -0.05) is 23.2 Å². The molecule has 1 atom stereocenters. The van der Waals surface area contributed by atoms with Gasteiger partial charge in [-0.25, -0.2) is 0 Å². The number of rotatable bonds is 8. The SMILES string of the molecule is COCC(C)(CC(=O)O)NC(=O)COc1ccc(Cl)c(Cl)c1. The number of ether oxygens (including phenoxy) is 2. The number of benzene rings is 1. The molecule has 0 fully saturated rings. The second-order valence-electron chi connectivity index (χ2n) is 4.98. The molecule has 0 aliphatic rings. The molecule has 122 valence electrons. The van der Waals surface area contributed by atoms with Crippen LogP contribution < -0.4 is 10.1 Å². The Morgan fingerprint density at radius 2 is 2.00 bits per heavy atom. The fourth-order valence-corrected chi connectivity index (χ4v) is 2.16. The minimum Gasteiger partial charge on any atom is -0.484 e. The Labute approximate surface area is 138 Å². The van der Waals surface area contributed by atoms with Crippen LogP contribution in [0.15, 0.2) is 18.2 Å². The number of aliphatic carboxylic acids is 1. The van der Waals surface area contributed by atoms with Gasteiger partial charge in [-0.05, 0) is 19.1 Å². The van der Waals surface area contributed by atoms with Gasteiger partial charge in [0.1, 0.15) is 5.75 Å². The van der Waals surface area contributed by atoms with E-state index in [9.17, 15) is 9.59 Å². The summed E-state index contributed by atoms with van der Waals surface area (Å²) >= 11 is 11.6. The second-order valence-corrected chi connectivity index (χ2v) is 5.79. The highest BCUT2D eigenvalue weighted by Crippen LogP contribution is 2.26. The number of carbonyl (C=O) groups excluding carboxylic acids is 1. The van der Waals surface area contributed by atoms with Crippen molar-refractivity contribution in [1.82, 2.24) is 5.32 Å². The summed E-state index contributed by atoms with van der Waals surface area (Å²) in [4.78, 5) is 22.8. The van der Waals surface area contributed by atoms with Crippen molar-refractivity contribution < 1.29 is 24.2 Å². The number of carboxylic acids is 1. The zero-order chi connectivity index (χ0) is 16.8. The summed E-state index contributed by atoms with van der Waals surface area (Å²) < 4.78 is 10.2. The van der Waals surface area contributed by atoms with Crippen LogP contribution >= 0.6 is 23.2 Å².